The van der Waals surface area contributed by atoms with Gasteiger partial charge in [0, 0.05) is 16.3 Å². The molecule has 1 rings (SSSR count). The molecule has 3 N–H and O–H groups in total. The van der Waals surface area contributed by atoms with Crippen molar-refractivity contribution in [2.75, 3.05) is 18.1 Å². The molecule has 0 radical (unpaired) electrons. The maximum atomic E-state index is 9.69. The average Bonchev–Trinajstić information content (AvgIpc) is 2.25. The number of anilines is 1. The smallest absolute Gasteiger partial charge is 0.0867 e. The summed E-state index contributed by atoms with van der Waals surface area (Å²) in [7, 11) is 0. The molecule has 1 unspecified atom stereocenters. The molecule has 0 heterocycles. The monoisotopic (exact) mass is 275 g/mol. The van der Waals surface area contributed by atoms with Crippen LogP contribution in [0.5, 0.6) is 0 Å². The number of rotatable bonds is 6. The van der Waals surface area contributed by atoms with Crippen molar-refractivity contribution >= 4 is 29.1 Å². The Bertz CT molecular complexity index is 360. The van der Waals surface area contributed by atoms with Crippen molar-refractivity contribution < 1.29 is 9.84 Å². The minimum Gasteiger partial charge on any atom is -0.399 e. The Morgan fingerprint density at radius 1 is 1.47 bits per heavy atom. The van der Waals surface area contributed by atoms with Gasteiger partial charge >= 0.3 is 0 Å². The van der Waals surface area contributed by atoms with E-state index < -0.39 is 6.10 Å². The molecule has 0 aromatic heterocycles. The maximum Gasteiger partial charge on any atom is 0.0867 e. The fourth-order valence-corrected chi connectivity index (χ4v) is 2.35. The van der Waals surface area contributed by atoms with Crippen LogP contribution in [0, 0.1) is 0 Å². The van der Waals surface area contributed by atoms with Gasteiger partial charge in [0.25, 0.3) is 0 Å². The van der Waals surface area contributed by atoms with Crippen LogP contribution in [0.1, 0.15) is 13.8 Å². The summed E-state index contributed by atoms with van der Waals surface area (Å²) >= 11 is 7.52. The number of hydrogen-bond acceptors (Lipinski definition) is 4. The average molecular weight is 276 g/mol. The summed E-state index contributed by atoms with van der Waals surface area (Å²) in [6.45, 7) is 4.23. The predicted molar refractivity (Wildman–Crippen MR) is 73.7 cm³/mol. The van der Waals surface area contributed by atoms with Crippen LogP contribution in [-0.2, 0) is 4.74 Å². The minimum absolute atomic E-state index is 0.134. The molecule has 0 aliphatic carbocycles. The van der Waals surface area contributed by atoms with Crippen molar-refractivity contribution in [1.82, 2.24) is 0 Å². The van der Waals surface area contributed by atoms with Crippen molar-refractivity contribution in [2.24, 2.45) is 0 Å². The molecule has 1 aromatic rings. The fourth-order valence-electron chi connectivity index (χ4n) is 1.17. The second-order valence-corrected chi connectivity index (χ2v) is 5.51. The Balaban J connectivity index is 2.39. The lowest BCUT2D eigenvalue weighted by Gasteiger charge is -2.13. The van der Waals surface area contributed by atoms with Crippen LogP contribution in [0.15, 0.2) is 23.1 Å². The van der Waals surface area contributed by atoms with Crippen molar-refractivity contribution in [3.63, 3.8) is 0 Å². The SMILES string of the molecule is CC(C)OCC(O)CSc1ccc(N)cc1Cl. The van der Waals surface area contributed by atoms with Gasteiger partial charge in [0.1, 0.15) is 0 Å². The van der Waals surface area contributed by atoms with E-state index in [0.29, 0.717) is 23.1 Å². The van der Waals surface area contributed by atoms with Gasteiger partial charge in [-0.05, 0) is 32.0 Å². The second-order valence-electron chi connectivity index (χ2n) is 4.04. The first kappa shape index (κ1) is 14.6. The van der Waals surface area contributed by atoms with Crippen LogP contribution >= 0.6 is 23.4 Å². The van der Waals surface area contributed by atoms with Crippen molar-refractivity contribution in [2.45, 2.75) is 31.0 Å². The van der Waals surface area contributed by atoms with Crippen LogP contribution in [-0.4, -0.2) is 29.7 Å². The molecule has 0 aliphatic rings. The zero-order chi connectivity index (χ0) is 12.8. The number of halogens is 1. The summed E-state index contributed by atoms with van der Waals surface area (Å²) in [6.07, 6.45) is -0.356. The molecule has 0 saturated carbocycles. The van der Waals surface area contributed by atoms with Crippen molar-refractivity contribution in [3.8, 4) is 0 Å². The summed E-state index contributed by atoms with van der Waals surface area (Å²) in [5, 5.41) is 10.3. The third-order valence-electron chi connectivity index (χ3n) is 2.01. The second kappa shape index (κ2) is 7.11. The van der Waals surface area contributed by atoms with Crippen LogP contribution in [0.4, 0.5) is 5.69 Å². The summed E-state index contributed by atoms with van der Waals surface area (Å²) in [5.41, 5.74) is 6.24. The van der Waals surface area contributed by atoms with Crippen LogP contribution in [0.25, 0.3) is 0 Å². The molecule has 0 fully saturated rings. The molecular formula is C12H18ClNO2S. The number of aliphatic hydroxyl groups excluding tert-OH is 1. The van der Waals surface area contributed by atoms with E-state index in [1.807, 2.05) is 19.9 Å². The molecule has 1 atom stereocenters. The highest BCUT2D eigenvalue weighted by atomic mass is 35.5. The van der Waals surface area contributed by atoms with Gasteiger partial charge in [-0.2, -0.15) is 0 Å². The zero-order valence-electron chi connectivity index (χ0n) is 10.0. The molecule has 0 saturated heterocycles. The summed E-state index contributed by atoms with van der Waals surface area (Å²) in [6, 6.07) is 5.37. The number of hydrogen-bond donors (Lipinski definition) is 2. The third-order valence-corrected chi connectivity index (χ3v) is 3.65. The Kier molecular flexibility index (Phi) is 6.12. The number of ether oxygens (including phenoxy) is 1. The van der Waals surface area contributed by atoms with Gasteiger partial charge in [-0.25, -0.2) is 0 Å². The number of aliphatic hydroxyl groups is 1. The molecular weight excluding hydrogens is 258 g/mol. The van der Waals surface area contributed by atoms with E-state index in [2.05, 4.69) is 0 Å². The van der Waals surface area contributed by atoms with E-state index in [1.54, 1.807) is 12.1 Å². The first-order valence-electron chi connectivity index (χ1n) is 5.46. The Labute approximate surface area is 111 Å². The lowest BCUT2D eigenvalue weighted by molar-refractivity contribution is 0.0152. The Morgan fingerprint density at radius 2 is 2.18 bits per heavy atom. The standard InChI is InChI=1S/C12H18ClNO2S/c1-8(2)16-6-10(15)7-17-12-4-3-9(14)5-11(12)13/h3-5,8,10,15H,6-7,14H2,1-2H3. The van der Waals surface area contributed by atoms with Gasteiger partial charge in [-0.15, -0.1) is 11.8 Å². The van der Waals surface area contributed by atoms with Crippen LogP contribution < -0.4 is 5.73 Å². The maximum absolute atomic E-state index is 9.69. The quantitative estimate of drug-likeness (QED) is 0.619. The summed E-state index contributed by atoms with van der Waals surface area (Å²) < 4.78 is 5.33. The molecule has 96 valence electrons. The Hall–Kier alpha value is -0.420. The predicted octanol–water partition coefficient (Wildman–Crippen LogP) is 2.80. The van der Waals surface area contributed by atoms with E-state index in [0.717, 1.165) is 4.90 Å². The normalized spacial score (nSPS) is 13.0. The third kappa shape index (κ3) is 5.64. The first-order chi connectivity index (χ1) is 7.99. The Morgan fingerprint density at radius 3 is 2.76 bits per heavy atom. The van der Waals surface area contributed by atoms with Gasteiger partial charge in [-0.3, -0.25) is 0 Å². The number of nitrogens with two attached hydrogens (primary N) is 1. The van der Waals surface area contributed by atoms with E-state index in [9.17, 15) is 5.11 Å². The molecule has 0 aliphatic heterocycles. The van der Waals surface area contributed by atoms with Gasteiger partial charge in [0.05, 0.1) is 23.8 Å². The van der Waals surface area contributed by atoms with E-state index in [4.69, 9.17) is 22.1 Å². The van der Waals surface area contributed by atoms with Crippen LogP contribution in [0.2, 0.25) is 5.02 Å². The highest BCUT2D eigenvalue weighted by Crippen LogP contribution is 2.29. The molecule has 1 aromatic carbocycles. The van der Waals surface area contributed by atoms with Crippen molar-refractivity contribution in [1.29, 1.82) is 0 Å². The van der Waals surface area contributed by atoms with Crippen LogP contribution in [0.3, 0.4) is 0 Å². The lowest BCUT2D eigenvalue weighted by Crippen LogP contribution is -2.20. The number of benzene rings is 1. The van der Waals surface area contributed by atoms with Gasteiger partial charge < -0.3 is 15.6 Å². The number of thioether (sulfide) groups is 1. The molecule has 3 nitrogen and oxygen atoms in total. The number of nitrogen functional groups attached to an aromatic ring is 1. The molecule has 0 spiro atoms. The molecule has 5 heteroatoms. The van der Waals surface area contributed by atoms with E-state index in [1.165, 1.54) is 11.8 Å². The summed E-state index contributed by atoms with van der Waals surface area (Å²) in [5.74, 6) is 0.552. The first-order valence-corrected chi connectivity index (χ1v) is 6.83. The van der Waals surface area contributed by atoms with Gasteiger partial charge in [-0.1, -0.05) is 11.6 Å². The highest BCUT2D eigenvalue weighted by Gasteiger charge is 2.08. The topological polar surface area (TPSA) is 55.5 Å². The highest BCUT2D eigenvalue weighted by molar-refractivity contribution is 7.99. The minimum atomic E-state index is -0.490. The molecule has 17 heavy (non-hydrogen) atoms. The molecule has 0 amide bonds. The summed E-state index contributed by atoms with van der Waals surface area (Å²) in [4.78, 5) is 0.921. The molecule has 0 bridgehead atoms. The lowest BCUT2D eigenvalue weighted by atomic mass is 10.3. The zero-order valence-corrected chi connectivity index (χ0v) is 11.6. The fraction of sp³-hybridized carbons (Fsp3) is 0.500. The largest absolute Gasteiger partial charge is 0.399 e. The van der Waals surface area contributed by atoms with Gasteiger partial charge in [0.2, 0.25) is 0 Å². The van der Waals surface area contributed by atoms with E-state index in [-0.39, 0.29) is 6.10 Å². The van der Waals surface area contributed by atoms with Crippen molar-refractivity contribution in [3.05, 3.63) is 23.2 Å². The van der Waals surface area contributed by atoms with E-state index >= 15 is 0 Å². The van der Waals surface area contributed by atoms with Gasteiger partial charge in [0.15, 0.2) is 0 Å².